The highest BCUT2D eigenvalue weighted by atomic mass is 32.2. The van der Waals surface area contributed by atoms with Gasteiger partial charge in [-0.3, -0.25) is 4.79 Å². The summed E-state index contributed by atoms with van der Waals surface area (Å²) < 4.78 is 26.7. The van der Waals surface area contributed by atoms with Crippen molar-refractivity contribution in [1.82, 2.24) is 5.32 Å². The number of hydrogen-bond acceptors (Lipinski definition) is 5. The second-order valence-corrected chi connectivity index (χ2v) is 5.69. The molecule has 0 radical (unpaired) electrons. The van der Waals surface area contributed by atoms with Crippen LogP contribution in [0.5, 0.6) is 0 Å². The summed E-state index contributed by atoms with van der Waals surface area (Å²) in [6.45, 7) is 1.60. The molecule has 6 heteroatoms. The summed E-state index contributed by atoms with van der Waals surface area (Å²) in [4.78, 5) is 11.4. The molecule has 1 rings (SSSR count). The number of ether oxygens (including phenoxy) is 1. The minimum absolute atomic E-state index is 0.0693. The Morgan fingerprint density at radius 3 is 2.79 bits per heavy atom. The van der Waals surface area contributed by atoms with E-state index in [9.17, 15) is 13.2 Å². The minimum atomic E-state index is -3.05. The quantitative estimate of drug-likeness (QED) is 0.658. The zero-order valence-electron chi connectivity index (χ0n) is 8.15. The summed E-state index contributed by atoms with van der Waals surface area (Å²) in [5, 5.41) is 2.99. The summed E-state index contributed by atoms with van der Waals surface area (Å²) in [5.74, 6) is -0.167. The van der Waals surface area contributed by atoms with E-state index in [-0.39, 0.29) is 24.0 Å². The topological polar surface area (TPSA) is 72.5 Å². The molecule has 82 valence electrons. The highest BCUT2D eigenvalue weighted by Gasteiger charge is 2.21. The molecule has 0 amide bonds. The maximum absolute atomic E-state index is 11.4. The molecule has 0 bridgehead atoms. The minimum Gasteiger partial charge on any atom is -0.378 e. The molecule has 1 heterocycles. The number of ketones is 1. The molecule has 0 aromatic carbocycles. The van der Waals surface area contributed by atoms with E-state index in [1.54, 1.807) is 0 Å². The molecular formula is C8H15NO4S. The fourth-order valence-corrected chi connectivity index (χ4v) is 1.80. The van der Waals surface area contributed by atoms with Crippen LogP contribution in [0.25, 0.3) is 0 Å². The molecule has 14 heavy (non-hydrogen) atoms. The van der Waals surface area contributed by atoms with Gasteiger partial charge in [0.25, 0.3) is 0 Å². The Balaban J connectivity index is 2.34. The second kappa shape index (κ2) is 4.86. The van der Waals surface area contributed by atoms with Gasteiger partial charge in [-0.1, -0.05) is 0 Å². The first kappa shape index (κ1) is 11.6. The van der Waals surface area contributed by atoms with Crippen molar-refractivity contribution in [1.29, 1.82) is 0 Å². The average molecular weight is 221 g/mol. The summed E-state index contributed by atoms with van der Waals surface area (Å²) in [5.41, 5.74) is 0. The number of Topliss-reactive ketones (excluding diaryl/α,β-unsaturated/α-hetero) is 1. The van der Waals surface area contributed by atoms with Crippen LogP contribution >= 0.6 is 0 Å². The SMILES string of the molecule is CS(=O)(=O)CCC(=O)C1COCCN1. The van der Waals surface area contributed by atoms with E-state index in [4.69, 9.17) is 4.74 Å². The molecule has 1 aliphatic rings. The lowest BCUT2D eigenvalue weighted by Gasteiger charge is -2.22. The number of nitrogens with one attached hydrogen (secondary N) is 1. The molecule has 1 N–H and O–H groups in total. The molecule has 1 fully saturated rings. The molecular weight excluding hydrogens is 206 g/mol. The second-order valence-electron chi connectivity index (χ2n) is 3.43. The Morgan fingerprint density at radius 2 is 2.29 bits per heavy atom. The lowest BCUT2D eigenvalue weighted by molar-refractivity contribution is -0.123. The average Bonchev–Trinajstić information content (AvgIpc) is 2.14. The van der Waals surface area contributed by atoms with Gasteiger partial charge in [-0.25, -0.2) is 8.42 Å². The lowest BCUT2D eigenvalue weighted by Crippen LogP contribution is -2.46. The van der Waals surface area contributed by atoms with E-state index in [1.165, 1.54) is 0 Å². The van der Waals surface area contributed by atoms with Gasteiger partial charge < -0.3 is 10.1 Å². The molecule has 1 unspecified atom stereocenters. The molecule has 0 aliphatic carbocycles. The van der Waals surface area contributed by atoms with Crippen molar-refractivity contribution in [3.8, 4) is 0 Å². The molecule has 0 saturated carbocycles. The van der Waals surface area contributed by atoms with E-state index in [0.717, 1.165) is 6.26 Å². The summed E-state index contributed by atoms with van der Waals surface area (Å²) in [6, 6.07) is -0.328. The van der Waals surface area contributed by atoms with Gasteiger partial charge in [-0.15, -0.1) is 0 Å². The third-order valence-corrected chi connectivity index (χ3v) is 2.98. The maximum Gasteiger partial charge on any atom is 0.153 e. The van der Waals surface area contributed by atoms with E-state index in [2.05, 4.69) is 5.32 Å². The standard InChI is InChI=1S/C8H15NO4S/c1-14(11,12)5-2-8(10)7-6-13-4-3-9-7/h7,9H,2-6H2,1H3. The number of hydrogen-bond donors (Lipinski definition) is 1. The van der Waals surface area contributed by atoms with Crippen molar-refractivity contribution in [2.75, 3.05) is 31.8 Å². The van der Waals surface area contributed by atoms with Gasteiger partial charge in [-0.2, -0.15) is 0 Å². The normalized spacial score (nSPS) is 23.4. The zero-order valence-corrected chi connectivity index (χ0v) is 8.97. The zero-order chi connectivity index (χ0) is 10.6. The number of morpholine rings is 1. The van der Waals surface area contributed by atoms with Crippen LogP contribution in [0.3, 0.4) is 0 Å². The van der Waals surface area contributed by atoms with Crippen LogP contribution in [0.15, 0.2) is 0 Å². The van der Waals surface area contributed by atoms with Crippen molar-refractivity contribution >= 4 is 15.6 Å². The van der Waals surface area contributed by atoms with Gasteiger partial charge in [-0.05, 0) is 0 Å². The number of sulfone groups is 1. The fourth-order valence-electron chi connectivity index (χ4n) is 1.23. The molecule has 0 aromatic heterocycles. The predicted molar refractivity (Wildman–Crippen MR) is 51.9 cm³/mol. The summed E-state index contributed by atoms with van der Waals surface area (Å²) in [7, 11) is -3.05. The molecule has 0 spiro atoms. The fraction of sp³-hybridized carbons (Fsp3) is 0.875. The Kier molecular flexibility index (Phi) is 4.03. The molecule has 5 nitrogen and oxygen atoms in total. The van der Waals surface area contributed by atoms with Crippen LogP contribution in [0.1, 0.15) is 6.42 Å². The van der Waals surface area contributed by atoms with Gasteiger partial charge in [0.2, 0.25) is 0 Å². The highest BCUT2D eigenvalue weighted by Crippen LogP contribution is 1.99. The Morgan fingerprint density at radius 1 is 1.57 bits per heavy atom. The highest BCUT2D eigenvalue weighted by molar-refractivity contribution is 7.90. The molecule has 0 aromatic rings. The van der Waals surface area contributed by atoms with Crippen LogP contribution in [-0.2, 0) is 19.4 Å². The van der Waals surface area contributed by atoms with Crippen LogP contribution in [-0.4, -0.2) is 52.0 Å². The van der Waals surface area contributed by atoms with Crippen LogP contribution in [0, 0.1) is 0 Å². The first-order chi connectivity index (χ1) is 6.49. The number of carbonyl (C=O) groups is 1. The number of carbonyl (C=O) groups excluding carboxylic acids is 1. The van der Waals surface area contributed by atoms with Crippen LogP contribution in [0.2, 0.25) is 0 Å². The first-order valence-corrected chi connectivity index (χ1v) is 6.56. The Bertz CT molecular complexity index is 292. The Hall–Kier alpha value is -0.460. The van der Waals surface area contributed by atoms with Crippen molar-refractivity contribution < 1.29 is 17.9 Å². The van der Waals surface area contributed by atoms with Gasteiger partial charge in [0.1, 0.15) is 9.84 Å². The monoisotopic (exact) mass is 221 g/mol. The predicted octanol–water partition coefficient (Wildman–Crippen LogP) is -1.02. The third-order valence-electron chi connectivity index (χ3n) is 2.03. The Labute approximate surface area is 83.7 Å². The lowest BCUT2D eigenvalue weighted by atomic mass is 10.1. The first-order valence-electron chi connectivity index (χ1n) is 4.50. The summed E-state index contributed by atoms with van der Waals surface area (Å²) >= 11 is 0. The van der Waals surface area contributed by atoms with Crippen LogP contribution < -0.4 is 5.32 Å². The van der Waals surface area contributed by atoms with E-state index in [1.807, 2.05) is 0 Å². The van der Waals surface area contributed by atoms with Gasteiger partial charge >= 0.3 is 0 Å². The van der Waals surface area contributed by atoms with E-state index in [0.29, 0.717) is 19.8 Å². The van der Waals surface area contributed by atoms with Crippen molar-refractivity contribution in [2.24, 2.45) is 0 Å². The largest absolute Gasteiger partial charge is 0.378 e. The maximum atomic E-state index is 11.4. The smallest absolute Gasteiger partial charge is 0.153 e. The van der Waals surface area contributed by atoms with Crippen LogP contribution in [0.4, 0.5) is 0 Å². The summed E-state index contributed by atoms with van der Waals surface area (Å²) in [6.07, 6.45) is 1.20. The van der Waals surface area contributed by atoms with Crippen molar-refractivity contribution in [2.45, 2.75) is 12.5 Å². The van der Waals surface area contributed by atoms with Gasteiger partial charge in [0.15, 0.2) is 5.78 Å². The van der Waals surface area contributed by atoms with E-state index < -0.39 is 9.84 Å². The molecule has 1 aliphatic heterocycles. The van der Waals surface area contributed by atoms with Gasteiger partial charge in [0, 0.05) is 19.2 Å². The third kappa shape index (κ3) is 4.17. The number of rotatable bonds is 4. The van der Waals surface area contributed by atoms with E-state index >= 15 is 0 Å². The molecule has 1 saturated heterocycles. The van der Waals surface area contributed by atoms with Gasteiger partial charge in [0.05, 0.1) is 25.0 Å². The van der Waals surface area contributed by atoms with Crippen molar-refractivity contribution in [3.05, 3.63) is 0 Å². The molecule has 1 atom stereocenters. The van der Waals surface area contributed by atoms with Crippen molar-refractivity contribution in [3.63, 3.8) is 0 Å².